The molecule has 3 N–H and O–H groups in total. The molecule has 0 spiro atoms. The Morgan fingerprint density at radius 2 is 1.93 bits per heavy atom. The van der Waals surface area contributed by atoms with Gasteiger partial charge in [-0.1, -0.05) is 0 Å². The molecule has 150 valence electrons. The second-order valence-electron chi connectivity index (χ2n) is 6.61. The van der Waals surface area contributed by atoms with Crippen molar-refractivity contribution in [3.05, 3.63) is 34.4 Å². The summed E-state index contributed by atoms with van der Waals surface area (Å²) in [6.07, 6.45) is -0.0161. The van der Waals surface area contributed by atoms with Crippen molar-refractivity contribution >= 4 is 29.0 Å². The van der Waals surface area contributed by atoms with Crippen LogP contribution in [0, 0.1) is 10.1 Å². The second kappa shape index (κ2) is 8.26. The Labute approximate surface area is 162 Å². The monoisotopic (exact) mass is 388 g/mol. The summed E-state index contributed by atoms with van der Waals surface area (Å²) in [4.78, 5) is 21.4. The molecule has 2 aromatic rings. The van der Waals surface area contributed by atoms with E-state index in [0.29, 0.717) is 37.1 Å². The van der Waals surface area contributed by atoms with E-state index >= 15 is 0 Å². The number of nitrogens with two attached hydrogens (primary N) is 1. The summed E-state index contributed by atoms with van der Waals surface area (Å²) in [6.45, 7) is 7.51. The topological polar surface area (TPSA) is 129 Å². The molecule has 2 atom stereocenters. The van der Waals surface area contributed by atoms with Gasteiger partial charge in [0, 0.05) is 18.8 Å². The lowest BCUT2D eigenvalue weighted by Crippen LogP contribution is -2.46. The van der Waals surface area contributed by atoms with Crippen molar-refractivity contribution in [3.63, 3.8) is 0 Å². The van der Waals surface area contributed by atoms with Gasteiger partial charge in [0.15, 0.2) is 0 Å². The van der Waals surface area contributed by atoms with Crippen molar-refractivity contribution in [1.82, 2.24) is 9.97 Å². The number of benzene rings is 1. The Morgan fingerprint density at radius 3 is 2.50 bits per heavy atom. The Kier molecular flexibility index (Phi) is 5.78. The minimum atomic E-state index is -0.583. The van der Waals surface area contributed by atoms with Crippen molar-refractivity contribution in [2.75, 3.05) is 35.6 Å². The van der Waals surface area contributed by atoms with E-state index in [2.05, 4.69) is 15.3 Å². The number of hydrogen-bond acceptors (Lipinski definition) is 9. The largest absolute Gasteiger partial charge is 0.494 e. The number of hydrogen-bond donors (Lipinski definition) is 2. The quantitative estimate of drug-likeness (QED) is 0.567. The van der Waals surface area contributed by atoms with Crippen LogP contribution in [0.4, 0.5) is 29.0 Å². The van der Waals surface area contributed by atoms with Gasteiger partial charge in [-0.2, -0.15) is 9.97 Å². The maximum atomic E-state index is 11.5. The van der Waals surface area contributed by atoms with Crippen LogP contribution in [0.25, 0.3) is 0 Å². The van der Waals surface area contributed by atoms with Gasteiger partial charge in [-0.3, -0.25) is 10.1 Å². The van der Waals surface area contributed by atoms with Crippen molar-refractivity contribution < 1.29 is 14.4 Å². The predicted molar refractivity (Wildman–Crippen MR) is 106 cm³/mol. The highest BCUT2D eigenvalue weighted by atomic mass is 16.6. The molecule has 0 bridgehead atoms. The van der Waals surface area contributed by atoms with Gasteiger partial charge >= 0.3 is 5.69 Å². The van der Waals surface area contributed by atoms with Crippen LogP contribution in [-0.2, 0) is 4.74 Å². The van der Waals surface area contributed by atoms with Crippen molar-refractivity contribution in [3.8, 4) is 5.75 Å². The number of nitrogen functional groups attached to an aromatic ring is 1. The lowest BCUT2D eigenvalue weighted by molar-refractivity contribution is -0.383. The normalized spacial score (nSPS) is 19.3. The highest BCUT2D eigenvalue weighted by Crippen LogP contribution is 2.33. The maximum absolute atomic E-state index is 11.5. The van der Waals surface area contributed by atoms with Gasteiger partial charge in [-0.15, -0.1) is 0 Å². The van der Waals surface area contributed by atoms with Gasteiger partial charge in [0.05, 0.1) is 23.7 Å². The predicted octanol–water partition coefficient (Wildman–Crippen LogP) is 2.72. The van der Waals surface area contributed by atoms with Crippen LogP contribution in [0.5, 0.6) is 5.75 Å². The molecule has 1 fully saturated rings. The van der Waals surface area contributed by atoms with Gasteiger partial charge < -0.3 is 25.4 Å². The molecule has 1 saturated heterocycles. The molecule has 28 heavy (non-hydrogen) atoms. The molecule has 10 heteroatoms. The van der Waals surface area contributed by atoms with E-state index in [1.54, 1.807) is 24.3 Å². The molecule has 10 nitrogen and oxygen atoms in total. The summed E-state index contributed by atoms with van der Waals surface area (Å²) in [5.74, 6) is 0.902. The number of nitrogens with zero attached hydrogens (tertiary/aromatic N) is 4. The molecule has 1 aliphatic rings. The first-order chi connectivity index (χ1) is 13.4. The summed E-state index contributed by atoms with van der Waals surface area (Å²) in [7, 11) is 0. The molecule has 0 unspecified atom stereocenters. The van der Waals surface area contributed by atoms with Crippen LogP contribution in [0.1, 0.15) is 20.8 Å². The highest BCUT2D eigenvalue weighted by Gasteiger charge is 2.29. The minimum absolute atomic E-state index is 0.00807. The molecule has 0 saturated carbocycles. The summed E-state index contributed by atoms with van der Waals surface area (Å²) in [5, 5.41) is 14.5. The fraction of sp³-hybridized carbons (Fsp3) is 0.444. The Hall–Kier alpha value is -3.14. The summed E-state index contributed by atoms with van der Waals surface area (Å²) in [5.41, 5.74) is 6.18. The van der Waals surface area contributed by atoms with Crippen molar-refractivity contribution in [2.45, 2.75) is 33.0 Å². The molecule has 0 aliphatic carbocycles. The fourth-order valence-electron chi connectivity index (χ4n) is 3.15. The molecular formula is C18H24N6O4. The van der Waals surface area contributed by atoms with Crippen LogP contribution in [0.3, 0.4) is 0 Å². The molecule has 2 heterocycles. The van der Waals surface area contributed by atoms with E-state index < -0.39 is 4.92 Å². The molecule has 0 radical (unpaired) electrons. The zero-order chi connectivity index (χ0) is 20.3. The highest BCUT2D eigenvalue weighted by molar-refractivity contribution is 5.74. The third-order valence-electron chi connectivity index (χ3n) is 4.21. The average molecular weight is 388 g/mol. The number of morpholine rings is 1. The SMILES string of the molecule is CCOc1ccc(Nc2nc(N3C[C@@H](C)O[C@H](C)C3)nc(N)c2[N+](=O)[O-])cc1. The minimum Gasteiger partial charge on any atom is -0.494 e. The lowest BCUT2D eigenvalue weighted by Gasteiger charge is -2.35. The van der Waals surface area contributed by atoms with Crippen LogP contribution >= 0.6 is 0 Å². The standard InChI is InChI=1S/C18H24N6O4/c1-4-27-14-7-5-13(6-8-14)20-17-15(24(25)26)16(19)21-18(22-17)23-9-11(2)28-12(3)10-23/h5-8,11-12H,4,9-10H2,1-3H3,(H3,19,20,21,22)/t11-,12-/m1/s1. The maximum Gasteiger partial charge on any atom is 0.353 e. The van der Waals surface area contributed by atoms with Gasteiger partial charge in [0.1, 0.15) is 5.75 Å². The van der Waals surface area contributed by atoms with Crippen LogP contribution in [-0.4, -0.2) is 46.8 Å². The van der Waals surface area contributed by atoms with Crippen LogP contribution < -0.4 is 20.7 Å². The Balaban J connectivity index is 1.93. The third-order valence-corrected chi connectivity index (χ3v) is 4.21. The Morgan fingerprint density at radius 1 is 1.29 bits per heavy atom. The van der Waals surface area contributed by atoms with Crippen molar-refractivity contribution in [2.24, 2.45) is 0 Å². The number of aromatic nitrogens is 2. The molecule has 3 rings (SSSR count). The molecular weight excluding hydrogens is 364 g/mol. The van der Waals surface area contributed by atoms with E-state index in [9.17, 15) is 10.1 Å². The fourth-order valence-corrected chi connectivity index (χ4v) is 3.15. The number of rotatable bonds is 6. The lowest BCUT2D eigenvalue weighted by atomic mass is 10.2. The summed E-state index contributed by atoms with van der Waals surface area (Å²) in [6, 6.07) is 7.06. The summed E-state index contributed by atoms with van der Waals surface area (Å²) < 4.78 is 11.1. The van der Waals surface area contributed by atoms with E-state index in [4.69, 9.17) is 15.2 Å². The van der Waals surface area contributed by atoms with Gasteiger partial charge in [-0.05, 0) is 45.0 Å². The van der Waals surface area contributed by atoms with E-state index in [-0.39, 0.29) is 29.5 Å². The average Bonchev–Trinajstić information content (AvgIpc) is 2.62. The van der Waals surface area contributed by atoms with E-state index in [1.807, 2.05) is 25.7 Å². The first-order valence-electron chi connectivity index (χ1n) is 9.09. The molecule has 0 amide bonds. The van der Waals surface area contributed by atoms with Crippen LogP contribution in [0.15, 0.2) is 24.3 Å². The van der Waals surface area contributed by atoms with E-state index in [0.717, 1.165) is 0 Å². The molecule has 1 aromatic heterocycles. The second-order valence-corrected chi connectivity index (χ2v) is 6.61. The molecule has 1 aliphatic heterocycles. The van der Waals surface area contributed by atoms with Gasteiger partial charge in [0.2, 0.25) is 17.6 Å². The number of ether oxygens (including phenoxy) is 2. The first-order valence-corrected chi connectivity index (χ1v) is 9.09. The third kappa shape index (κ3) is 4.39. The van der Waals surface area contributed by atoms with E-state index in [1.165, 1.54) is 0 Å². The smallest absolute Gasteiger partial charge is 0.353 e. The van der Waals surface area contributed by atoms with Gasteiger partial charge in [-0.25, -0.2) is 0 Å². The number of nitro groups is 1. The first kappa shape index (κ1) is 19.6. The molecule has 1 aromatic carbocycles. The van der Waals surface area contributed by atoms with Crippen LogP contribution in [0.2, 0.25) is 0 Å². The van der Waals surface area contributed by atoms with Gasteiger partial charge in [0.25, 0.3) is 0 Å². The zero-order valence-corrected chi connectivity index (χ0v) is 16.1. The Bertz CT molecular complexity index is 835. The summed E-state index contributed by atoms with van der Waals surface area (Å²) >= 11 is 0. The number of nitrogens with one attached hydrogen (secondary N) is 1. The van der Waals surface area contributed by atoms with Crippen molar-refractivity contribution in [1.29, 1.82) is 0 Å². The zero-order valence-electron chi connectivity index (χ0n) is 16.1. The number of anilines is 4.